The molecule has 0 unspecified atom stereocenters. The van der Waals surface area contributed by atoms with E-state index in [4.69, 9.17) is 9.15 Å². The first-order valence-electron chi connectivity index (χ1n) is 10.5. The van der Waals surface area contributed by atoms with Crippen LogP contribution >= 0.6 is 11.8 Å². The van der Waals surface area contributed by atoms with Gasteiger partial charge in [0, 0.05) is 30.7 Å². The van der Waals surface area contributed by atoms with Gasteiger partial charge in [-0.15, -0.1) is 10.2 Å². The largest absolute Gasteiger partial charge is 0.411 e. The van der Waals surface area contributed by atoms with Gasteiger partial charge in [0.05, 0.1) is 19.0 Å². The molecule has 2 heterocycles. The summed E-state index contributed by atoms with van der Waals surface area (Å²) in [4.78, 5) is 15.0. The van der Waals surface area contributed by atoms with E-state index in [0.29, 0.717) is 23.2 Å². The highest BCUT2D eigenvalue weighted by Crippen LogP contribution is 2.34. The van der Waals surface area contributed by atoms with Gasteiger partial charge < -0.3 is 14.5 Å². The summed E-state index contributed by atoms with van der Waals surface area (Å²) in [5, 5.41) is 11.4. The highest BCUT2D eigenvalue weighted by atomic mass is 32.2. The third-order valence-electron chi connectivity index (χ3n) is 5.91. The van der Waals surface area contributed by atoms with Gasteiger partial charge >= 0.3 is 0 Å². The van der Waals surface area contributed by atoms with Gasteiger partial charge in [-0.1, -0.05) is 31.0 Å². The van der Waals surface area contributed by atoms with Crippen molar-refractivity contribution in [3.63, 3.8) is 0 Å². The molecule has 0 atom stereocenters. The molecular weight excluding hydrogens is 407 g/mol. The van der Waals surface area contributed by atoms with Crippen molar-refractivity contribution in [2.24, 2.45) is 0 Å². The Balaban J connectivity index is 1.29. The van der Waals surface area contributed by atoms with Gasteiger partial charge in [0.1, 0.15) is 5.82 Å². The fourth-order valence-corrected chi connectivity index (χ4v) is 4.86. The van der Waals surface area contributed by atoms with Crippen LogP contribution in [-0.4, -0.2) is 65.1 Å². The third-order valence-corrected chi connectivity index (χ3v) is 6.72. The zero-order chi connectivity index (χ0) is 20.8. The lowest BCUT2D eigenvalue weighted by Crippen LogP contribution is -2.59. The molecule has 0 radical (unpaired) electrons. The molecule has 1 aliphatic heterocycles. The molecule has 2 aromatic rings. The van der Waals surface area contributed by atoms with E-state index in [9.17, 15) is 9.18 Å². The average Bonchev–Trinajstić information content (AvgIpc) is 3.27. The number of carbonyl (C=O) groups excluding carboxylic acids is 1. The van der Waals surface area contributed by atoms with Crippen LogP contribution in [0.5, 0.6) is 0 Å². The number of ether oxygens (including phenoxy) is 1. The van der Waals surface area contributed by atoms with E-state index in [1.165, 1.54) is 43.2 Å². The molecule has 4 rings (SSSR count). The van der Waals surface area contributed by atoms with Crippen LogP contribution in [0, 0.1) is 5.82 Å². The quantitative estimate of drug-likeness (QED) is 0.671. The summed E-state index contributed by atoms with van der Waals surface area (Å²) < 4.78 is 24.1. The van der Waals surface area contributed by atoms with Gasteiger partial charge in [-0.3, -0.25) is 9.69 Å². The van der Waals surface area contributed by atoms with Crippen molar-refractivity contribution in [3.8, 4) is 11.5 Å². The predicted octanol–water partition coefficient (Wildman–Crippen LogP) is 3.12. The van der Waals surface area contributed by atoms with Crippen LogP contribution in [0.4, 0.5) is 4.39 Å². The number of benzene rings is 1. The van der Waals surface area contributed by atoms with Crippen molar-refractivity contribution in [2.45, 2.75) is 42.9 Å². The number of nitrogens with zero attached hydrogens (tertiary/aromatic N) is 3. The van der Waals surface area contributed by atoms with Gasteiger partial charge in [-0.2, -0.15) is 0 Å². The molecule has 1 aromatic heterocycles. The van der Waals surface area contributed by atoms with E-state index >= 15 is 0 Å². The van der Waals surface area contributed by atoms with Crippen molar-refractivity contribution >= 4 is 17.7 Å². The standard InChI is InChI=1S/C21H27FN4O3S/c22-17-6-4-16(5-7-17)19-24-25-20(29-19)30-14-18(27)23-15-21(8-2-1-3-9-21)26-10-12-28-13-11-26/h4-7H,1-3,8-15H2,(H,23,27). The summed E-state index contributed by atoms with van der Waals surface area (Å²) in [7, 11) is 0. The van der Waals surface area contributed by atoms with E-state index < -0.39 is 0 Å². The Morgan fingerprint density at radius 1 is 1.13 bits per heavy atom. The van der Waals surface area contributed by atoms with E-state index in [0.717, 1.165) is 39.1 Å². The molecule has 162 valence electrons. The normalized spacial score (nSPS) is 19.5. The predicted molar refractivity (Wildman–Crippen MR) is 112 cm³/mol. The molecule has 2 aliphatic rings. The smallest absolute Gasteiger partial charge is 0.277 e. The summed E-state index contributed by atoms with van der Waals surface area (Å²) in [5.74, 6) is 0.160. The second-order valence-corrected chi connectivity index (χ2v) is 8.76. The number of halogens is 1. The molecule has 1 aromatic carbocycles. The summed E-state index contributed by atoms with van der Waals surface area (Å²) in [6.45, 7) is 4.05. The van der Waals surface area contributed by atoms with Crippen molar-refractivity contribution < 1.29 is 18.3 Å². The van der Waals surface area contributed by atoms with E-state index in [2.05, 4.69) is 20.4 Å². The Morgan fingerprint density at radius 2 is 1.87 bits per heavy atom. The van der Waals surface area contributed by atoms with E-state index in [1.54, 1.807) is 12.1 Å². The molecule has 2 fully saturated rings. The van der Waals surface area contributed by atoms with Crippen LogP contribution in [-0.2, 0) is 9.53 Å². The summed E-state index contributed by atoms with van der Waals surface area (Å²) >= 11 is 1.21. The molecule has 7 nitrogen and oxygen atoms in total. The first-order chi connectivity index (χ1) is 14.6. The van der Waals surface area contributed by atoms with Crippen LogP contribution in [0.15, 0.2) is 33.9 Å². The first kappa shape index (κ1) is 21.3. The van der Waals surface area contributed by atoms with Crippen LogP contribution in [0.25, 0.3) is 11.5 Å². The van der Waals surface area contributed by atoms with E-state index in [1.807, 2.05) is 0 Å². The Morgan fingerprint density at radius 3 is 2.60 bits per heavy atom. The zero-order valence-electron chi connectivity index (χ0n) is 16.9. The molecule has 0 spiro atoms. The number of amides is 1. The Labute approximate surface area is 179 Å². The Bertz CT molecular complexity index is 833. The second kappa shape index (κ2) is 9.89. The maximum absolute atomic E-state index is 13.0. The lowest BCUT2D eigenvalue weighted by molar-refractivity contribution is -0.119. The Hall–Kier alpha value is -1.97. The summed E-state index contributed by atoms with van der Waals surface area (Å²) in [6.07, 6.45) is 5.91. The van der Waals surface area contributed by atoms with Crippen LogP contribution in [0.3, 0.4) is 0 Å². The molecule has 30 heavy (non-hydrogen) atoms. The highest BCUT2D eigenvalue weighted by molar-refractivity contribution is 7.99. The molecule has 1 saturated carbocycles. The second-order valence-electron chi connectivity index (χ2n) is 7.83. The number of hydrogen-bond acceptors (Lipinski definition) is 7. The van der Waals surface area contributed by atoms with Crippen LogP contribution < -0.4 is 5.32 Å². The summed E-state index contributed by atoms with van der Waals surface area (Å²) in [6, 6.07) is 5.85. The van der Waals surface area contributed by atoms with Crippen molar-refractivity contribution in [1.29, 1.82) is 0 Å². The average molecular weight is 435 g/mol. The number of rotatable bonds is 7. The zero-order valence-corrected chi connectivity index (χ0v) is 17.8. The molecule has 1 aliphatic carbocycles. The molecule has 1 saturated heterocycles. The van der Waals surface area contributed by atoms with Crippen molar-refractivity contribution in [2.75, 3.05) is 38.6 Å². The minimum absolute atomic E-state index is 0.0419. The van der Waals surface area contributed by atoms with Gasteiger partial charge in [-0.05, 0) is 37.1 Å². The maximum Gasteiger partial charge on any atom is 0.277 e. The van der Waals surface area contributed by atoms with Gasteiger partial charge in [0.15, 0.2) is 0 Å². The minimum Gasteiger partial charge on any atom is -0.411 e. The number of hydrogen-bond donors (Lipinski definition) is 1. The maximum atomic E-state index is 13.0. The lowest BCUT2D eigenvalue weighted by Gasteiger charge is -2.48. The lowest BCUT2D eigenvalue weighted by atomic mass is 9.79. The highest BCUT2D eigenvalue weighted by Gasteiger charge is 2.38. The number of thioether (sulfide) groups is 1. The molecule has 9 heteroatoms. The number of nitrogens with one attached hydrogen (secondary N) is 1. The van der Waals surface area contributed by atoms with Crippen molar-refractivity contribution in [3.05, 3.63) is 30.1 Å². The van der Waals surface area contributed by atoms with Crippen LogP contribution in [0.2, 0.25) is 0 Å². The fourth-order valence-electron chi connectivity index (χ4n) is 4.27. The van der Waals surface area contributed by atoms with E-state index in [-0.39, 0.29) is 23.0 Å². The fraction of sp³-hybridized carbons (Fsp3) is 0.571. The van der Waals surface area contributed by atoms with Gasteiger partial charge in [0.25, 0.3) is 5.22 Å². The molecule has 1 N–H and O–H groups in total. The molecule has 0 bridgehead atoms. The SMILES string of the molecule is O=C(CSc1nnc(-c2ccc(F)cc2)o1)NCC1(N2CCOCC2)CCCCC1. The summed E-state index contributed by atoms with van der Waals surface area (Å²) in [5.41, 5.74) is 0.688. The number of aromatic nitrogens is 2. The van der Waals surface area contributed by atoms with Gasteiger partial charge in [0.2, 0.25) is 11.8 Å². The monoisotopic (exact) mass is 434 g/mol. The topological polar surface area (TPSA) is 80.5 Å². The third kappa shape index (κ3) is 5.19. The number of carbonyl (C=O) groups is 1. The van der Waals surface area contributed by atoms with Crippen LogP contribution in [0.1, 0.15) is 32.1 Å². The minimum atomic E-state index is -0.322. The Kier molecular flexibility index (Phi) is 7.01. The molecule has 1 amide bonds. The number of morpholine rings is 1. The van der Waals surface area contributed by atoms with Gasteiger partial charge in [-0.25, -0.2) is 4.39 Å². The first-order valence-corrected chi connectivity index (χ1v) is 11.4. The molecular formula is C21H27FN4O3S. The van der Waals surface area contributed by atoms with Crippen molar-refractivity contribution in [1.82, 2.24) is 20.4 Å².